The molecule has 1 saturated carbocycles. The first-order chi connectivity index (χ1) is 13.0. The molecule has 2 heterocycles. The number of benzene rings is 1. The Morgan fingerprint density at radius 1 is 1.19 bits per heavy atom. The van der Waals surface area contributed by atoms with Crippen LogP contribution in [0.25, 0.3) is 0 Å². The molecule has 2 aromatic rings. The SMILES string of the molecule is Cn1nc(C2CCN(CC(=O)Nc3ccc(F)cc3)CC2)n(C2CC2)c1=O. The first-order valence-corrected chi connectivity index (χ1v) is 9.44. The standard InChI is InChI=1S/C19H24FN5O2/c1-23-19(27)25(16-6-7-16)18(22-23)13-8-10-24(11-9-13)12-17(26)21-15-4-2-14(20)3-5-15/h2-5,13,16H,6-12H2,1H3,(H,21,26). The van der Waals surface area contributed by atoms with Gasteiger partial charge in [0.2, 0.25) is 5.91 Å². The lowest BCUT2D eigenvalue weighted by Gasteiger charge is -2.31. The molecule has 2 fully saturated rings. The molecule has 1 saturated heterocycles. The number of hydrogen-bond acceptors (Lipinski definition) is 4. The van der Waals surface area contributed by atoms with Gasteiger partial charge in [0.1, 0.15) is 11.6 Å². The van der Waals surface area contributed by atoms with Gasteiger partial charge in [-0.15, -0.1) is 0 Å². The summed E-state index contributed by atoms with van der Waals surface area (Å²) >= 11 is 0. The lowest BCUT2D eigenvalue weighted by atomic mass is 9.96. The molecular weight excluding hydrogens is 349 g/mol. The number of halogens is 1. The molecule has 1 aliphatic carbocycles. The molecule has 7 nitrogen and oxygen atoms in total. The molecule has 27 heavy (non-hydrogen) atoms. The van der Waals surface area contributed by atoms with E-state index >= 15 is 0 Å². The van der Waals surface area contributed by atoms with Gasteiger partial charge in [-0.2, -0.15) is 5.10 Å². The van der Waals surface area contributed by atoms with Crippen LogP contribution in [0.2, 0.25) is 0 Å². The third-order valence-electron chi connectivity index (χ3n) is 5.34. The van der Waals surface area contributed by atoms with Gasteiger partial charge in [-0.05, 0) is 63.0 Å². The van der Waals surface area contributed by atoms with E-state index in [4.69, 9.17) is 0 Å². The molecule has 0 bridgehead atoms. The molecule has 1 aromatic carbocycles. The highest BCUT2D eigenvalue weighted by atomic mass is 19.1. The lowest BCUT2D eigenvalue weighted by Crippen LogP contribution is -2.39. The van der Waals surface area contributed by atoms with Gasteiger partial charge in [0.25, 0.3) is 0 Å². The van der Waals surface area contributed by atoms with Crippen LogP contribution in [0, 0.1) is 5.82 Å². The van der Waals surface area contributed by atoms with Crippen molar-refractivity contribution < 1.29 is 9.18 Å². The summed E-state index contributed by atoms with van der Waals surface area (Å²) in [6, 6.07) is 6.08. The Labute approximate surface area is 156 Å². The summed E-state index contributed by atoms with van der Waals surface area (Å²) in [6.07, 6.45) is 3.88. The minimum atomic E-state index is -0.325. The van der Waals surface area contributed by atoms with E-state index in [1.165, 1.54) is 16.8 Å². The Bertz CT molecular complexity index is 876. The van der Waals surface area contributed by atoms with Crippen molar-refractivity contribution in [3.05, 3.63) is 46.4 Å². The molecule has 4 rings (SSSR count). The van der Waals surface area contributed by atoms with Gasteiger partial charge in [-0.3, -0.25) is 14.3 Å². The topological polar surface area (TPSA) is 72.2 Å². The number of nitrogens with one attached hydrogen (secondary N) is 1. The minimum Gasteiger partial charge on any atom is -0.325 e. The van der Waals surface area contributed by atoms with Crippen LogP contribution in [-0.2, 0) is 11.8 Å². The van der Waals surface area contributed by atoms with Crippen LogP contribution in [0.1, 0.15) is 43.5 Å². The van der Waals surface area contributed by atoms with E-state index in [-0.39, 0.29) is 23.3 Å². The number of aromatic nitrogens is 3. The van der Waals surface area contributed by atoms with Crippen LogP contribution < -0.4 is 11.0 Å². The Hall–Kier alpha value is -2.48. The molecule has 0 atom stereocenters. The Balaban J connectivity index is 1.33. The second kappa shape index (κ2) is 7.26. The maximum atomic E-state index is 12.9. The van der Waals surface area contributed by atoms with Crippen molar-refractivity contribution in [2.75, 3.05) is 25.0 Å². The predicted octanol–water partition coefficient (Wildman–Crippen LogP) is 1.87. The second-order valence-corrected chi connectivity index (χ2v) is 7.47. The van der Waals surface area contributed by atoms with E-state index in [0.717, 1.165) is 44.6 Å². The number of carbonyl (C=O) groups excluding carboxylic acids is 1. The van der Waals surface area contributed by atoms with Gasteiger partial charge in [-0.25, -0.2) is 13.9 Å². The third kappa shape index (κ3) is 3.95. The van der Waals surface area contributed by atoms with Crippen LogP contribution in [0.5, 0.6) is 0 Å². The first kappa shape index (κ1) is 17.9. The highest BCUT2D eigenvalue weighted by Gasteiger charge is 2.33. The van der Waals surface area contributed by atoms with Crippen molar-refractivity contribution in [2.24, 2.45) is 7.05 Å². The number of anilines is 1. The number of aryl methyl sites for hydroxylation is 1. The number of nitrogens with zero attached hydrogens (tertiary/aromatic N) is 4. The van der Waals surface area contributed by atoms with E-state index < -0.39 is 0 Å². The van der Waals surface area contributed by atoms with Crippen LogP contribution in [0.4, 0.5) is 10.1 Å². The summed E-state index contributed by atoms with van der Waals surface area (Å²) in [5.74, 6) is 0.735. The van der Waals surface area contributed by atoms with Crippen LogP contribution in [0.15, 0.2) is 29.1 Å². The number of amides is 1. The van der Waals surface area contributed by atoms with Gasteiger partial charge < -0.3 is 5.32 Å². The van der Waals surface area contributed by atoms with Gasteiger partial charge in [0, 0.05) is 24.7 Å². The summed E-state index contributed by atoms with van der Waals surface area (Å²) in [6.45, 7) is 1.88. The fourth-order valence-electron chi connectivity index (χ4n) is 3.74. The summed E-state index contributed by atoms with van der Waals surface area (Å²) in [4.78, 5) is 26.6. The summed E-state index contributed by atoms with van der Waals surface area (Å²) < 4.78 is 16.3. The molecule has 0 spiro atoms. The third-order valence-corrected chi connectivity index (χ3v) is 5.34. The van der Waals surface area contributed by atoms with E-state index in [2.05, 4.69) is 15.3 Å². The van der Waals surface area contributed by atoms with Gasteiger partial charge in [0.05, 0.1) is 6.54 Å². The van der Waals surface area contributed by atoms with Crippen molar-refractivity contribution >= 4 is 11.6 Å². The van der Waals surface area contributed by atoms with Crippen LogP contribution >= 0.6 is 0 Å². The number of hydrogen-bond donors (Lipinski definition) is 1. The summed E-state index contributed by atoms with van der Waals surface area (Å²) in [5.41, 5.74) is 0.576. The van der Waals surface area contributed by atoms with Gasteiger partial charge >= 0.3 is 5.69 Å². The van der Waals surface area contributed by atoms with Crippen molar-refractivity contribution in [3.63, 3.8) is 0 Å². The van der Waals surface area contributed by atoms with E-state index in [1.54, 1.807) is 19.2 Å². The van der Waals surface area contributed by atoms with Crippen LogP contribution in [-0.4, -0.2) is 44.8 Å². The molecule has 2 aliphatic rings. The van der Waals surface area contributed by atoms with Crippen LogP contribution in [0.3, 0.4) is 0 Å². The monoisotopic (exact) mass is 373 g/mol. The highest BCUT2D eigenvalue weighted by molar-refractivity contribution is 5.92. The quantitative estimate of drug-likeness (QED) is 0.869. The molecular formula is C19H24FN5O2. The normalized spacial score (nSPS) is 18.6. The second-order valence-electron chi connectivity index (χ2n) is 7.47. The molecule has 1 amide bonds. The number of piperidine rings is 1. The zero-order valence-corrected chi connectivity index (χ0v) is 15.4. The Kier molecular flexibility index (Phi) is 4.82. The van der Waals surface area contributed by atoms with E-state index in [0.29, 0.717) is 18.3 Å². The molecule has 144 valence electrons. The lowest BCUT2D eigenvalue weighted by molar-refractivity contribution is -0.117. The van der Waals surface area contributed by atoms with E-state index in [1.807, 2.05) is 4.57 Å². The molecule has 0 radical (unpaired) electrons. The number of likely N-dealkylation sites (tertiary alicyclic amines) is 1. The van der Waals surface area contributed by atoms with Crippen molar-refractivity contribution in [3.8, 4) is 0 Å². The number of carbonyl (C=O) groups is 1. The first-order valence-electron chi connectivity index (χ1n) is 9.44. The zero-order chi connectivity index (χ0) is 19.0. The molecule has 8 heteroatoms. The maximum absolute atomic E-state index is 12.9. The van der Waals surface area contributed by atoms with E-state index in [9.17, 15) is 14.0 Å². The fraction of sp³-hybridized carbons (Fsp3) is 0.526. The summed E-state index contributed by atoms with van der Waals surface area (Å²) in [5, 5.41) is 7.28. The Morgan fingerprint density at radius 2 is 1.85 bits per heavy atom. The van der Waals surface area contributed by atoms with Crippen molar-refractivity contribution in [1.29, 1.82) is 0 Å². The van der Waals surface area contributed by atoms with Crippen molar-refractivity contribution in [2.45, 2.75) is 37.6 Å². The summed E-state index contributed by atoms with van der Waals surface area (Å²) in [7, 11) is 1.71. The molecule has 1 aromatic heterocycles. The van der Waals surface area contributed by atoms with Gasteiger partial charge in [-0.1, -0.05) is 0 Å². The molecule has 0 unspecified atom stereocenters. The highest BCUT2D eigenvalue weighted by Crippen LogP contribution is 2.37. The molecule has 1 aliphatic heterocycles. The van der Waals surface area contributed by atoms with Crippen molar-refractivity contribution in [1.82, 2.24) is 19.2 Å². The average Bonchev–Trinajstić information content (AvgIpc) is 3.44. The maximum Gasteiger partial charge on any atom is 0.345 e. The smallest absolute Gasteiger partial charge is 0.325 e. The Morgan fingerprint density at radius 3 is 2.48 bits per heavy atom. The fourth-order valence-corrected chi connectivity index (χ4v) is 3.74. The minimum absolute atomic E-state index is 0.0198. The zero-order valence-electron chi connectivity index (χ0n) is 15.4. The predicted molar refractivity (Wildman–Crippen MR) is 99.2 cm³/mol. The largest absolute Gasteiger partial charge is 0.345 e. The average molecular weight is 373 g/mol. The number of rotatable bonds is 5. The molecule has 1 N–H and O–H groups in total. The van der Waals surface area contributed by atoms with Gasteiger partial charge in [0.15, 0.2) is 0 Å².